The molecule has 1 fully saturated rings. The Kier molecular flexibility index (Phi) is 4.03. The first-order chi connectivity index (χ1) is 10.6. The minimum absolute atomic E-state index is 0.193. The number of hydrogen-bond acceptors (Lipinski definition) is 4. The highest BCUT2D eigenvalue weighted by Crippen LogP contribution is 2.38. The molecule has 3 rings (SSSR count). The molecule has 0 aliphatic carbocycles. The van der Waals surface area contributed by atoms with Crippen molar-refractivity contribution in [3.05, 3.63) is 42.0 Å². The van der Waals surface area contributed by atoms with Gasteiger partial charge >= 0.3 is 5.97 Å². The van der Waals surface area contributed by atoms with E-state index < -0.39 is 6.29 Å². The number of rotatable bonds is 4. The molecule has 0 unspecified atom stereocenters. The van der Waals surface area contributed by atoms with Gasteiger partial charge in [0.15, 0.2) is 0 Å². The molecule has 0 bridgehead atoms. The monoisotopic (exact) mass is 299 g/mol. The molecule has 22 heavy (non-hydrogen) atoms. The largest absolute Gasteiger partial charge is 0.435 e. The van der Waals surface area contributed by atoms with Crippen LogP contribution in [0.15, 0.2) is 36.4 Å². The van der Waals surface area contributed by atoms with E-state index in [0.717, 1.165) is 22.0 Å². The van der Waals surface area contributed by atoms with Crippen molar-refractivity contribution in [2.24, 2.45) is 0 Å². The summed E-state index contributed by atoms with van der Waals surface area (Å²) in [4.78, 5) is 14.3. The highest BCUT2D eigenvalue weighted by molar-refractivity contribution is 5.99. The van der Waals surface area contributed by atoms with Crippen molar-refractivity contribution in [3.8, 4) is 0 Å². The van der Waals surface area contributed by atoms with Crippen molar-refractivity contribution in [1.29, 1.82) is 0 Å². The Labute approximate surface area is 130 Å². The number of hydrogen-bond donors (Lipinski definition) is 0. The maximum Gasteiger partial charge on any atom is 0.315 e. The molecule has 2 aromatic carbocycles. The summed E-state index contributed by atoms with van der Waals surface area (Å²) in [6.45, 7) is 2.45. The predicted molar refractivity (Wildman–Crippen MR) is 87.1 cm³/mol. The van der Waals surface area contributed by atoms with Gasteiger partial charge in [0.2, 0.25) is 6.29 Å². The first-order valence-electron chi connectivity index (χ1n) is 7.63. The van der Waals surface area contributed by atoms with Crippen LogP contribution in [0.5, 0.6) is 0 Å². The summed E-state index contributed by atoms with van der Waals surface area (Å²) in [5.74, 6) is -0.445. The predicted octanol–water partition coefficient (Wildman–Crippen LogP) is 3.30. The zero-order valence-electron chi connectivity index (χ0n) is 13.2. The third-order valence-corrected chi connectivity index (χ3v) is 4.10. The van der Waals surface area contributed by atoms with Gasteiger partial charge in [-0.2, -0.15) is 0 Å². The smallest absolute Gasteiger partial charge is 0.315 e. The van der Waals surface area contributed by atoms with E-state index in [1.54, 1.807) is 0 Å². The van der Waals surface area contributed by atoms with Crippen molar-refractivity contribution in [1.82, 2.24) is 0 Å². The molecule has 1 aliphatic heterocycles. The zero-order valence-corrected chi connectivity index (χ0v) is 13.2. The van der Waals surface area contributed by atoms with Gasteiger partial charge in [-0.1, -0.05) is 30.3 Å². The highest BCUT2D eigenvalue weighted by Gasteiger charge is 2.36. The molecule has 1 aliphatic rings. The van der Waals surface area contributed by atoms with Gasteiger partial charge in [-0.15, -0.1) is 0 Å². The van der Waals surface area contributed by atoms with Gasteiger partial charge in [-0.25, -0.2) is 0 Å². The quantitative estimate of drug-likeness (QED) is 0.812. The van der Waals surface area contributed by atoms with Crippen molar-refractivity contribution in [3.63, 3.8) is 0 Å². The lowest BCUT2D eigenvalue weighted by molar-refractivity contribution is -0.161. The first-order valence-corrected chi connectivity index (χ1v) is 7.63. The minimum atomic E-state index is -0.421. The molecule has 1 heterocycles. The average Bonchev–Trinajstić information content (AvgIpc) is 2.87. The van der Waals surface area contributed by atoms with Gasteiger partial charge in [0, 0.05) is 38.2 Å². The van der Waals surface area contributed by atoms with Crippen LogP contribution in [0.25, 0.3) is 10.8 Å². The fourth-order valence-electron chi connectivity index (χ4n) is 3.09. The lowest BCUT2D eigenvalue weighted by atomic mass is 9.91. The molecule has 0 aromatic heterocycles. The zero-order chi connectivity index (χ0) is 15.7. The Balaban J connectivity index is 2.05. The van der Waals surface area contributed by atoms with Crippen LogP contribution in [0.3, 0.4) is 0 Å². The van der Waals surface area contributed by atoms with Crippen LogP contribution in [0.2, 0.25) is 0 Å². The summed E-state index contributed by atoms with van der Waals surface area (Å²) >= 11 is 0. The van der Waals surface area contributed by atoms with Crippen LogP contribution in [0.1, 0.15) is 24.8 Å². The molecular weight excluding hydrogens is 278 g/mol. The number of cyclic esters (lactones) is 1. The van der Waals surface area contributed by atoms with Gasteiger partial charge in [-0.05, 0) is 23.9 Å². The fraction of sp³-hybridized carbons (Fsp3) is 0.389. The van der Waals surface area contributed by atoms with Gasteiger partial charge in [0.25, 0.3) is 0 Å². The molecule has 4 heteroatoms. The van der Waals surface area contributed by atoms with Crippen molar-refractivity contribution >= 4 is 22.4 Å². The lowest BCUT2D eigenvalue weighted by Crippen LogP contribution is -2.11. The van der Waals surface area contributed by atoms with Crippen LogP contribution in [-0.2, 0) is 14.3 Å². The second-order valence-corrected chi connectivity index (χ2v) is 5.72. The number of fused-ring (bicyclic) bond motifs is 1. The third kappa shape index (κ3) is 2.55. The summed E-state index contributed by atoms with van der Waals surface area (Å²) in [6.07, 6.45) is 0.160. The van der Waals surface area contributed by atoms with E-state index in [4.69, 9.17) is 9.47 Å². The number of ether oxygens (including phenoxy) is 2. The summed E-state index contributed by atoms with van der Waals surface area (Å²) in [6, 6.07) is 12.3. The first kappa shape index (κ1) is 14.9. The molecular formula is C18H21NO3. The number of esters is 1. The van der Waals surface area contributed by atoms with E-state index >= 15 is 0 Å². The minimum Gasteiger partial charge on any atom is -0.435 e. The Morgan fingerprint density at radius 2 is 1.91 bits per heavy atom. The molecule has 0 spiro atoms. The lowest BCUT2D eigenvalue weighted by Gasteiger charge is -2.18. The van der Waals surface area contributed by atoms with Gasteiger partial charge in [0.1, 0.15) is 0 Å². The van der Waals surface area contributed by atoms with E-state index in [9.17, 15) is 4.79 Å². The second-order valence-electron chi connectivity index (χ2n) is 5.72. The van der Waals surface area contributed by atoms with Gasteiger partial charge < -0.3 is 14.4 Å². The number of benzene rings is 2. The van der Waals surface area contributed by atoms with Crippen molar-refractivity contribution < 1.29 is 14.3 Å². The normalized spacial score (nSPS) is 21.1. The summed E-state index contributed by atoms with van der Waals surface area (Å²) in [5, 5.41) is 2.26. The van der Waals surface area contributed by atoms with Gasteiger partial charge in [0.05, 0.1) is 5.92 Å². The van der Waals surface area contributed by atoms with Crippen LogP contribution >= 0.6 is 0 Å². The molecule has 116 valence electrons. The Bertz CT molecular complexity index is 696. The number of anilines is 1. The number of carbonyl (C=O) groups excluding carboxylic acids is 1. The van der Waals surface area contributed by atoms with E-state index in [1.165, 1.54) is 0 Å². The second kappa shape index (κ2) is 5.97. The van der Waals surface area contributed by atoms with Crippen LogP contribution in [0, 0.1) is 0 Å². The molecule has 0 N–H and O–H groups in total. The number of carbonyl (C=O) groups is 1. The Morgan fingerprint density at radius 3 is 2.59 bits per heavy atom. The highest BCUT2D eigenvalue weighted by atomic mass is 16.7. The van der Waals surface area contributed by atoms with Crippen LogP contribution < -0.4 is 4.90 Å². The molecule has 0 amide bonds. The Morgan fingerprint density at radius 1 is 1.18 bits per heavy atom. The SMILES string of the molecule is CCO[C@H]1C[C@H](c2ccc(N(C)C)c3ccccc23)C(=O)O1. The topological polar surface area (TPSA) is 38.8 Å². The fourth-order valence-corrected chi connectivity index (χ4v) is 3.09. The van der Waals surface area contributed by atoms with E-state index in [0.29, 0.717) is 13.0 Å². The molecule has 1 saturated heterocycles. The molecule has 2 aromatic rings. The molecule has 2 atom stereocenters. The van der Waals surface area contributed by atoms with E-state index in [-0.39, 0.29) is 11.9 Å². The molecule has 0 saturated carbocycles. The van der Waals surface area contributed by atoms with E-state index in [1.807, 2.05) is 39.2 Å². The summed E-state index contributed by atoms with van der Waals surface area (Å²) in [5.41, 5.74) is 2.17. The standard InChI is InChI=1S/C18H21NO3/c1-4-21-17-11-15(18(20)22-17)13-9-10-16(19(2)3)14-8-6-5-7-12(13)14/h5-10,15,17H,4,11H2,1-3H3/t15-,17-/m1/s1. The summed E-state index contributed by atoms with van der Waals surface area (Å²) < 4.78 is 10.8. The average molecular weight is 299 g/mol. The number of nitrogens with zero attached hydrogens (tertiary/aromatic N) is 1. The summed E-state index contributed by atoms with van der Waals surface area (Å²) in [7, 11) is 4.05. The van der Waals surface area contributed by atoms with Crippen molar-refractivity contribution in [2.45, 2.75) is 25.6 Å². The van der Waals surface area contributed by atoms with E-state index in [2.05, 4.69) is 23.1 Å². The maximum atomic E-state index is 12.2. The third-order valence-electron chi connectivity index (χ3n) is 4.10. The molecule has 4 nitrogen and oxygen atoms in total. The van der Waals surface area contributed by atoms with Gasteiger partial charge in [-0.3, -0.25) is 4.79 Å². The van der Waals surface area contributed by atoms with Crippen LogP contribution in [-0.4, -0.2) is 33.0 Å². The molecule has 0 radical (unpaired) electrons. The van der Waals surface area contributed by atoms with Crippen LogP contribution in [0.4, 0.5) is 5.69 Å². The maximum absolute atomic E-state index is 12.2. The van der Waals surface area contributed by atoms with Crippen molar-refractivity contribution in [2.75, 3.05) is 25.6 Å². The Hall–Kier alpha value is -2.07.